The van der Waals surface area contributed by atoms with Crippen molar-refractivity contribution in [2.75, 3.05) is 66.0 Å². The standard InChI is InChI=1S/C20H41N5O.HI/c1-18(2)16-25-13-14-26-19(17-25)15-23-20(21-3)22-9-8-12-24-10-6-4-5-7-11-24;/h18-19H,4-17H2,1-3H3,(H2,21,22,23);1H. The van der Waals surface area contributed by atoms with Gasteiger partial charge in [0.25, 0.3) is 0 Å². The number of ether oxygens (including phenoxy) is 1. The van der Waals surface area contributed by atoms with Gasteiger partial charge in [0.15, 0.2) is 5.96 Å². The van der Waals surface area contributed by atoms with Crippen molar-refractivity contribution in [3.63, 3.8) is 0 Å². The van der Waals surface area contributed by atoms with Gasteiger partial charge in [-0.1, -0.05) is 26.7 Å². The Bertz CT molecular complexity index is 400. The number of halogens is 1. The van der Waals surface area contributed by atoms with Gasteiger partial charge in [-0.15, -0.1) is 24.0 Å². The zero-order valence-corrected chi connectivity index (χ0v) is 20.0. The minimum absolute atomic E-state index is 0. The third-order valence-electron chi connectivity index (χ3n) is 5.21. The zero-order valence-electron chi connectivity index (χ0n) is 17.7. The van der Waals surface area contributed by atoms with Crippen LogP contribution in [0.15, 0.2) is 4.99 Å². The average molecular weight is 495 g/mol. The average Bonchev–Trinajstić information content (AvgIpc) is 2.90. The molecule has 0 aromatic heterocycles. The monoisotopic (exact) mass is 495 g/mol. The molecule has 0 aromatic carbocycles. The fourth-order valence-electron chi connectivity index (χ4n) is 3.89. The van der Waals surface area contributed by atoms with E-state index in [1.165, 1.54) is 51.7 Å². The van der Waals surface area contributed by atoms with E-state index >= 15 is 0 Å². The van der Waals surface area contributed by atoms with Gasteiger partial charge in [-0.25, -0.2) is 0 Å². The van der Waals surface area contributed by atoms with Crippen LogP contribution in [-0.2, 0) is 4.74 Å². The summed E-state index contributed by atoms with van der Waals surface area (Å²) in [4.78, 5) is 9.48. The maximum Gasteiger partial charge on any atom is 0.191 e. The predicted molar refractivity (Wildman–Crippen MR) is 125 cm³/mol. The first kappa shape index (κ1) is 24.9. The smallest absolute Gasteiger partial charge is 0.191 e. The van der Waals surface area contributed by atoms with E-state index in [1.807, 2.05) is 7.05 Å². The van der Waals surface area contributed by atoms with Crippen LogP contribution in [0.5, 0.6) is 0 Å². The molecular formula is C20H42IN5O. The summed E-state index contributed by atoms with van der Waals surface area (Å²) in [6.07, 6.45) is 6.96. The summed E-state index contributed by atoms with van der Waals surface area (Å²) < 4.78 is 5.91. The van der Waals surface area contributed by atoms with Crippen LogP contribution in [-0.4, -0.2) is 87.9 Å². The van der Waals surface area contributed by atoms with Crippen molar-refractivity contribution in [2.45, 2.75) is 52.1 Å². The molecule has 27 heavy (non-hydrogen) atoms. The van der Waals surface area contributed by atoms with Gasteiger partial charge in [0.2, 0.25) is 0 Å². The predicted octanol–water partition coefficient (Wildman–Crippen LogP) is 2.39. The van der Waals surface area contributed by atoms with Crippen molar-refractivity contribution in [1.82, 2.24) is 20.4 Å². The highest BCUT2D eigenvalue weighted by Gasteiger charge is 2.21. The summed E-state index contributed by atoms with van der Waals surface area (Å²) in [5.74, 6) is 1.60. The molecule has 0 spiro atoms. The van der Waals surface area contributed by atoms with Crippen molar-refractivity contribution < 1.29 is 4.74 Å². The fraction of sp³-hybridized carbons (Fsp3) is 0.950. The summed E-state index contributed by atoms with van der Waals surface area (Å²) in [5.41, 5.74) is 0. The highest BCUT2D eigenvalue weighted by Crippen LogP contribution is 2.09. The molecule has 2 saturated heterocycles. The van der Waals surface area contributed by atoms with E-state index in [1.54, 1.807) is 0 Å². The summed E-state index contributed by atoms with van der Waals surface area (Å²) in [6, 6.07) is 0. The van der Waals surface area contributed by atoms with Gasteiger partial charge in [0, 0.05) is 39.8 Å². The SMILES string of the molecule is CN=C(NCCCN1CCCCCC1)NCC1CN(CC(C)C)CCO1.I. The van der Waals surface area contributed by atoms with Crippen LogP contribution < -0.4 is 10.6 Å². The highest BCUT2D eigenvalue weighted by molar-refractivity contribution is 14.0. The number of morpholine rings is 1. The van der Waals surface area contributed by atoms with Crippen LogP contribution in [0.2, 0.25) is 0 Å². The lowest BCUT2D eigenvalue weighted by Crippen LogP contribution is -2.50. The minimum atomic E-state index is 0. The summed E-state index contributed by atoms with van der Waals surface area (Å²) in [7, 11) is 1.84. The van der Waals surface area contributed by atoms with E-state index in [0.29, 0.717) is 5.92 Å². The number of nitrogens with zero attached hydrogens (tertiary/aromatic N) is 3. The quantitative estimate of drug-likeness (QED) is 0.235. The van der Waals surface area contributed by atoms with E-state index in [4.69, 9.17) is 4.74 Å². The molecule has 6 nitrogen and oxygen atoms in total. The van der Waals surface area contributed by atoms with E-state index in [-0.39, 0.29) is 30.1 Å². The second-order valence-electron chi connectivity index (χ2n) is 8.14. The maximum absolute atomic E-state index is 5.91. The van der Waals surface area contributed by atoms with Crippen molar-refractivity contribution >= 4 is 29.9 Å². The lowest BCUT2D eigenvalue weighted by Gasteiger charge is -2.34. The third-order valence-corrected chi connectivity index (χ3v) is 5.21. The van der Waals surface area contributed by atoms with Gasteiger partial charge >= 0.3 is 0 Å². The van der Waals surface area contributed by atoms with Gasteiger partial charge in [-0.2, -0.15) is 0 Å². The Morgan fingerprint density at radius 3 is 2.48 bits per heavy atom. The van der Waals surface area contributed by atoms with Crippen LogP contribution in [0.1, 0.15) is 46.0 Å². The molecule has 2 N–H and O–H groups in total. The summed E-state index contributed by atoms with van der Waals surface area (Å²) >= 11 is 0. The van der Waals surface area contributed by atoms with Crippen molar-refractivity contribution in [3.8, 4) is 0 Å². The lowest BCUT2D eigenvalue weighted by atomic mass is 10.2. The van der Waals surface area contributed by atoms with Crippen molar-refractivity contribution in [2.24, 2.45) is 10.9 Å². The van der Waals surface area contributed by atoms with E-state index in [9.17, 15) is 0 Å². The molecule has 0 saturated carbocycles. The second-order valence-corrected chi connectivity index (χ2v) is 8.14. The topological polar surface area (TPSA) is 52.1 Å². The molecule has 0 aliphatic carbocycles. The van der Waals surface area contributed by atoms with Crippen molar-refractivity contribution in [1.29, 1.82) is 0 Å². The zero-order chi connectivity index (χ0) is 18.6. The van der Waals surface area contributed by atoms with Crippen LogP contribution in [0, 0.1) is 5.92 Å². The largest absolute Gasteiger partial charge is 0.374 e. The molecule has 1 atom stereocenters. The normalized spacial score (nSPS) is 23.0. The molecule has 0 amide bonds. The van der Waals surface area contributed by atoms with E-state index in [0.717, 1.165) is 45.3 Å². The van der Waals surface area contributed by atoms with Gasteiger partial charge in [-0.3, -0.25) is 9.89 Å². The maximum atomic E-state index is 5.91. The molecule has 1 unspecified atom stereocenters. The number of guanidine groups is 1. The molecule has 2 aliphatic rings. The molecule has 7 heteroatoms. The fourth-order valence-corrected chi connectivity index (χ4v) is 3.89. The highest BCUT2D eigenvalue weighted by atomic mass is 127. The van der Waals surface area contributed by atoms with Crippen LogP contribution >= 0.6 is 24.0 Å². The van der Waals surface area contributed by atoms with Crippen LogP contribution in [0.25, 0.3) is 0 Å². The summed E-state index contributed by atoms with van der Waals surface area (Å²) in [6.45, 7) is 14.2. The Balaban J connectivity index is 0.00000364. The molecular weight excluding hydrogens is 453 g/mol. The Labute approximate surface area is 183 Å². The van der Waals surface area contributed by atoms with Crippen molar-refractivity contribution in [3.05, 3.63) is 0 Å². The molecule has 160 valence electrons. The van der Waals surface area contributed by atoms with E-state index < -0.39 is 0 Å². The molecule has 2 rings (SSSR count). The number of aliphatic imine (C=N–C) groups is 1. The number of hydrogen-bond acceptors (Lipinski definition) is 4. The second kappa shape index (κ2) is 14.8. The Kier molecular flexibility index (Phi) is 13.7. The van der Waals surface area contributed by atoms with E-state index in [2.05, 4.69) is 39.3 Å². The number of rotatable bonds is 8. The van der Waals surface area contributed by atoms with Crippen LogP contribution in [0.4, 0.5) is 0 Å². The third kappa shape index (κ3) is 10.9. The molecule has 2 aliphatic heterocycles. The Hall–Kier alpha value is -0.120. The van der Waals surface area contributed by atoms with Gasteiger partial charge in [-0.05, 0) is 44.8 Å². The van der Waals surface area contributed by atoms with Crippen LogP contribution in [0.3, 0.4) is 0 Å². The molecule has 2 fully saturated rings. The lowest BCUT2D eigenvalue weighted by molar-refractivity contribution is -0.0284. The van der Waals surface area contributed by atoms with Gasteiger partial charge in [0.1, 0.15) is 0 Å². The Morgan fingerprint density at radius 2 is 1.81 bits per heavy atom. The van der Waals surface area contributed by atoms with Gasteiger partial charge < -0.3 is 20.3 Å². The number of hydrogen-bond donors (Lipinski definition) is 2. The first-order chi connectivity index (χ1) is 12.7. The first-order valence-corrected chi connectivity index (χ1v) is 10.7. The molecule has 0 aromatic rings. The first-order valence-electron chi connectivity index (χ1n) is 10.7. The molecule has 0 radical (unpaired) electrons. The minimum Gasteiger partial charge on any atom is -0.374 e. The Morgan fingerprint density at radius 1 is 1.07 bits per heavy atom. The number of nitrogens with one attached hydrogen (secondary N) is 2. The molecule has 2 heterocycles. The molecule has 0 bridgehead atoms. The van der Waals surface area contributed by atoms with Gasteiger partial charge in [0.05, 0.1) is 12.7 Å². The summed E-state index contributed by atoms with van der Waals surface area (Å²) in [5, 5.41) is 6.89. The number of likely N-dealkylation sites (tertiary alicyclic amines) is 1.